The molecule has 2 aromatic carbocycles. The summed E-state index contributed by atoms with van der Waals surface area (Å²) in [6.45, 7) is 5.97. The van der Waals surface area contributed by atoms with Crippen molar-refractivity contribution in [2.45, 2.75) is 69.1 Å². The van der Waals surface area contributed by atoms with Crippen LogP contribution in [0.1, 0.15) is 37.8 Å². The molecular formula is C49H48F6N14O8. The summed E-state index contributed by atoms with van der Waals surface area (Å²) in [4.78, 5) is 68.1. The number of nitrogens with zero attached hydrogens (tertiary/aromatic N) is 12. The highest BCUT2D eigenvalue weighted by Gasteiger charge is 2.43. The second kappa shape index (κ2) is 21.2. The number of halogens is 6. The average Bonchev–Trinajstić information content (AvgIpc) is 4.16. The van der Waals surface area contributed by atoms with Crippen molar-refractivity contribution in [3.05, 3.63) is 96.6 Å². The molecule has 22 nitrogen and oxygen atoms in total. The molecule has 4 bridgehead atoms. The highest BCUT2D eigenvalue weighted by molar-refractivity contribution is 6.05. The lowest BCUT2D eigenvalue weighted by atomic mass is 10.1. The van der Waals surface area contributed by atoms with Crippen LogP contribution in [-0.4, -0.2) is 145 Å². The van der Waals surface area contributed by atoms with Gasteiger partial charge < -0.3 is 39.0 Å². The molecule has 28 heteroatoms. The monoisotopic (exact) mass is 1070 g/mol. The van der Waals surface area contributed by atoms with Crippen LogP contribution in [0.15, 0.2) is 85.5 Å². The normalized spacial score (nSPS) is 19.4. The first kappa shape index (κ1) is 52.4. The molecule has 77 heavy (non-hydrogen) atoms. The van der Waals surface area contributed by atoms with Crippen LogP contribution >= 0.6 is 0 Å². The van der Waals surface area contributed by atoms with Gasteiger partial charge in [0.25, 0.3) is 0 Å². The number of urea groups is 2. The van der Waals surface area contributed by atoms with Gasteiger partial charge in [0.05, 0.1) is 60.2 Å². The fourth-order valence-electron chi connectivity index (χ4n) is 9.23. The molecule has 0 spiro atoms. The molecule has 0 unspecified atom stereocenters. The SMILES string of the molecule is CC1(C)OC[C@H](COc2nccc(NC(=O)N3c4nc(-c5cccc(C(F)(F)F)c5)ncc4N4CC[C@H]3C4)n2)O1.O=C(Nc1ccnc(OC[C@H](O)CO)n1)N1c2nc(-c3cccc(C(F)(F)F)c3)ncc2N2CC[C@H]1C2. The number of benzene rings is 2. The zero-order valence-electron chi connectivity index (χ0n) is 40.9. The Morgan fingerprint density at radius 2 is 1.22 bits per heavy atom. The van der Waals surface area contributed by atoms with E-state index in [-0.39, 0.29) is 83.7 Å². The molecule has 9 heterocycles. The molecule has 5 aliphatic rings. The van der Waals surface area contributed by atoms with Gasteiger partial charge in [-0.3, -0.25) is 20.4 Å². The number of rotatable bonds is 11. The molecule has 3 saturated heterocycles. The van der Waals surface area contributed by atoms with Crippen LogP contribution < -0.4 is 39.7 Å². The second-order valence-electron chi connectivity index (χ2n) is 18.7. The number of fused-ring (bicyclic) bond motifs is 8. The molecule has 3 fully saturated rings. The number of carbonyl (C=O) groups excluding carboxylic acids is 2. The largest absolute Gasteiger partial charge is 0.461 e. The van der Waals surface area contributed by atoms with E-state index >= 15 is 0 Å². The summed E-state index contributed by atoms with van der Waals surface area (Å²) in [7, 11) is 0. The Kier molecular flexibility index (Phi) is 14.4. The van der Waals surface area contributed by atoms with Crippen LogP contribution in [0.25, 0.3) is 22.8 Å². The first-order valence-corrected chi connectivity index (χ1v) is 24.1. The van der Waals surface area contributed by atoms with Crippen LogP contribution in [0.5, 0.6) is 12.0 Å². The lowest BCUT2D eigenvalue weighted by molar-refractivity contribution is -0.141. The van der Waals surface area contributed by atoms with E-state index in [0.29, 0.717) is 62.8 Å². The van der Waals surface area contributed by atoms with E-state index in [9.17, 15) is 41.0 Å². The molecule has 0 saturated carbocycles. The first-order chi connectivity index (χ1) is 36.8. The molecular weight excluding hydrogens is 1030 g/mol. The van der Waals surface area contributed by atoms with E-state index in [2.05, 4.69) is 55.4 Å². The number of carbonyl (C=O) groups is 2. The van der Waals surface area contributed by atoms with Gasteiger partial charge in [0.15, 0.2) is 29.1 Å². The predicted octanol–water partition coefficient (Wildman–Crippen LogP) is 6.43. The van der Waals surface area contributed by atoms with E-state index in [0.717, 1.165) is 24.3 Å². The van der Waals surface area contributed by atoms with Gasteiger partial charge in [0, 0.05) is 49.7 Å². The fraction of sp³-hybridized carbons (Fsp3) is 0.388. The van der Waals surface area contributed by atoms with Crippen molar-refractivity contribution in [3.63, 3.8) is 0 Å². The minimum Gasteiger partial charge on any atom is -0.461 e. The molecule has 5 aliphatic heterocycles. The van der Waals surface area contributed by atoms with E-state index in [1.807, 2.05) is 18.7 Å². The summed E-state index contributed by atoms with van der Waals surface area (Å²) in [5, 5.41) is 23.8. The molecule has 6 aromatic rings. The Hall–Kier alpha value is -8.08. The van der Waals surface area contributed by atoms with Crippen LogP contribution in [0.4, 0.5) is 70.6 Å². The van der Waals surface area contributed by atoms with Gasteiger partial charge >= 0.3 is 36.4 Å². The third-order valence-corrected chi connectivity index (χ3v) is 12.8. The number of alkyl halides is 6. The Labute approximate surface area is 434 Å². The number of aliphatic hydroxyl groups is 2. The fourth-order valence-corrected chi connectivity index (χ4v) is 9.23. The van der Waals surface area contributed by atoms with Crippen molar-refractivity contribution >= 4 is 46.7 Å². The quantitative estimate of drug-likeness (QED) is 0.102. The van der Waals surface area contributed by atoms with Gasteiger partial charge in [-0.05, 0) is 63.1 Å². The average molecular weight is 1080 g/mol. The van der Waals surface area contributed by atoms with Gasteiger partial charge in [0.2, 0.25) is 0 Å². The Bertz CT molecular complexity index is 3160. The van der Waals surface area contributed by atoms with Gasteiger partial charge in [-0.1, -0.05) is 24.3 Å². The minimum absolute atomic E-state index is 0.0605. The lowest BCUT2D eigenvalue weighted by Gasteiger charge is -2.35. The topological polar surface area (TPSA) is 252 Å². The maximum Gasteiger partial charge on any atom is 0.416 e. The van der Waals surface area contributed by atoms with Crippen LogP contribution in [0.3, 0.4) is 0 Å². The van der Waals surface area contributed by atoms with Crippen LogP contribution in [-0.2, 0) is 21.8 Å². The molecule has 4 amide bonds. The molecule has 0 aliphatic carbocycles. The second-order valence-corrected chi connectivity index (χ2v) is 18.7. The molecule has 4 atom stereocenters. The van der Waals surface area contributed by atoms with E-state index in [1.165, 1.54) is 64.8 Å². The van der Waals surface area contributed by atoms with Crippen molar-refractivity contribution in [2.75, 3.05) is 82.8 Å². The molecule has 0 radical (unpaired) electrons. The molecule has 4 aromatic heterocycles. The maximum atomic E-state index is 13.6. The third kappa shape index (κ3) is 11.7. The summed E-state index contributed by atoms with van der Waals surface area (Å²) in [5.41, 5.74) is -0.0188. The molecule has 404 valence electrons. The van der Waals surface area contributed by atoms with Crippen molar-refractivity contribution < 1.29 is 65.1 Å². The van der Waals surface area contributed by atoms with Crippen molar-refractivity contribution in [2.24, 2.45) is 0 Å². The summed E-state index contributed by atoms with van der Waals surface area (Å²) in [6, 6.07) is 11.0. The Morgan fingerprint density at radius 3 is 1.68 bits per heavy atom. The minimum atomic E-state index is -4.52. The predicted molar refractivity (Wildman–Crippen MR) is 262 cm³/mol. The van der Waals surface area contributed by atoms with E-state index in [4.69, 9.17) is 24.1 Å². The standard InChI is InChI=1S/C26H26F3N7O4.C23H22F3N7O4/c1-25(2)39-14-18(40-25)13-38-23-30-8-6-20(32-23)33-24(37)36-17-7-9-35(12-17)19-11-31-21(34-22(19)36)15-4-3-5-16(10-15)26(27,28)29;24-23(25,26)14-3-1-2-13(8-14)19-28-9-17-20(31-19)33(15-5-7-32(17)10-15)22(36)30-18-4-6-27-21(29-18)37-12-16(35)11-34/h3-6,8,10-11,17-18H,7,9,12-14H2,1-2H3,(H,30,32,33,37);1-4,6,8-9,15-16,34-35H,5,7,10-12H2,(H,27,29,30,36)/t17-,18-;15-,16+/m00/s1. The number of anilines is 6. The van der Waals surface area contributed by atoms with Crippen molar-refractivity contribution in [1.82, 2.24) is 39.9 Å². The number of aliphatic hydroxyl groups excluding tert-OH is 2. The van der Waals surface area contributed by atoms with Gasteiger partial charge in [-0.15, -0.1) is 0 Å². The zero-order valence-corrected chi connectivity index (χ0v) is 40.9. The summed E-state index contributed by atoms with van der Waals surface area (Å²) < 4.78 is 102. The summed E-state index contributed by atoms with van der Waals surface area (Å²) in [6.07, 6.45) is -3.16. The van der Waals surface area contributed by atoms with E-state index in [1.54, 1.807) is 6.20 Å². The van der Waals surface area contributed by atoms with Gasteiger partial charge in [0.1, 0.15) is 37.1 Å². The first-order valence-electron chi connectivity index (χ1n) is 24.1. The summed E-state index contributed by atoms with van der Waals surface area (Å²) in [5.74, 6) is 0.408. The Balaban J connectivity index is 0.000000175. The highest BCUT2D eigenvalue weighted by Crippen LogP contribution is 2.42. The lowest BCUT2D eigenvalue weighted by Crippen LogP contribution is -2.48. The number of hydrogen-bond acceptors (Lipinski definition) is 18. The molecule has 11 rings (SSSR count). The number of amides is 4. The molecule has 4 N–H and O–H groups in total. The van der Waals surface area contributed by atoms with Crippen LogP contribution in [0, 0.1) is 0 Å². The highest BCUT2D eigenvalue weighted by atomic mass is 19.4. The van der Waals surface area contributed by atoms with Crippen molar-refractivity contribution in [1.29, 1.82) is 0 Å². The maximum absolute atomic E-state index is 13.6. The summed E-state index contributed by atoms with van der Waals surface area (Å²) >= 11 is 0. The van der Waals surface area contributed by atoms with Crippen molar-refractivity contribution in [3.8, 4) is 34.8 Å². The van der Waals surface area contributed by atoms with E-state index < -0.39 is 54.0 Å². The number of ether oxygens (including phenoxy) is 4. The number of hydrogen-bond donors (Lipinski definition) is 4. The van der Waals surface area contributed by atoms with Crippen LogP contribution in [0.2, 0.25) is 0 Å². The smallest absolute Gasteiger partial charge is 0.416 e. The number of aromatic nitrogens is 8. The Morgan fingerprint density at radius 1 is 0.727 bits per heavy atom. The zero-order chi connectivity index (χ0) is 54.2. The van der Waals surface area contributed by atoms with Gasteiger partial charge in [-0.2, -0.15) is 36.3 Å². The third-order valence-electron chi connectivity index (χ3n) is 12.8. The van der Waals surface area contributed by atoms with Gasteiger partial charge in [-0.25, -0.2) is 39.5 Å². The number of nitrogens with one attached hydrogen (secondary N) is 2.